The SMILES string of the molecule is COC(=O)CNC(=O)[C@H](C)NC(C)=O. The Bertz CT molecular complexity index is 239. The zero-order valence-electron chi connectivity index (χ0n) is 8.42. The Morgan fingerprint density at radius 1 is 1.36 bits per heavy atom. The summed E-state index contributed by atoms with van der Waals surface area (Å²) in [6.07, 6.45) is 0. The first kappa shape index (κ1) is 12.4. The molecule has 80 valence electrons. The molecule has 0 fully saturated rings. The van der Waals surface area contributed by atoms with Crippen molar-refractivity contribution in [2.45, 2.75) is 19.9 Å². The molecule has 0 bridgehead atoms. The van der Waals surface area contributed by atoms with E-state index < -0.39 is 17.9 Å². The van der Waals surface area contributed by atoms with Gasteiger partial charge in [0.05, 0.1) is 7.11 Å². The van der Waals surface area contributed by atoms with E-state index in [2.05, 4.69) is 15.4 Å². The van der Waals surface area contributed by atoms with Crippen LogP contribution < -0.4 is 10.6 Å². The van der Waals surface area contributed by atoms with Gasteiger partial charge >= 0.3 is 5.97 Å². The molecule has 0 rings (SSSR count). The van der Waals surface area contributed by atoms with Crippen molar-refractivity contribution in [3.8, 4) is 0 Å². The molecule has 0 aromatic rings. The monoisotopic (exact) mass is 202 g/mol. The molecule has 2 N–H and O–H groups in total. The van der Waals surface area contributed by atoms with Crippen LogP contribution in [0.25, 0.3) is 0 Å². The summed E-state index contributed by atoms with van der Waals surface area (Å²) in [6.45, 7) is 2.64. The lowest BCUT2D eigenvalue weighted by Gasteiger charge is -2.11. The number of methoxy groups -OCH3 is 1. The number of hydrogen-bond donors (Lipinski definition) is 2. The van der Waals surface area contributed by atoms with Gasteiger partial charge < -0.3 is 15.4 Å². The Morgan fingerprint density at radius 2 is 1.93 bits per heavy atom. The Balaban J connectivity index is 3.84. The molecule has 6 nitrogen and oxygen atoms in total. The lowest BCUT2D eigenvalue weighted by Crippen LogP contribution is -2.45. The normalized spacial score (nSPS) is 11.4. The summed E-state index contributed by atoms with van der Waals surface area (Å²) in [7, 11) is 1.23. The molecule has 6 heteroatoms. The summed E-state index contributed by atoms with van der Waals surface area (Å²) in [5.74, 6) is -1.26. The second-order valence-corrected chi connectivity index (χ2v) is 2.72. The van der Waals surface area contributed by atoms with Gasteiger partial charge in [0.1, 0.15) is 12.6 Å². The number of ether oxygens (including phenoxy) is 1. The lowest BCUT2D eigenvalue weighted by molar-refractivity contribution is -0.141. The van der Waals surface area contributed by atoms with Gasteiger partial charge in [0.15, 0.2) is 0 Å². The number of nitrogens with one attached hydrogen (secondary N) is 2. The Labute approximate surface area is 82.0 Å². The van der Waals surface area contributed by atoms with Gasteiger partial charge in [-0.15, -0.1) is 0 Å². The van der Waals surface area contributed by atoms with Crippen LogP contribution in [0.2, 0.25) is 0 Å². The fourth-order valence-electron chi connectivity index (χ4n) is 0.755. The van der Waals surface area contributed by atoms with E-state index in [1.165, 1.54) is 21.0 Å². The molecule has 0 saturated heterocycles. The fraction of sp³-hybridized carbons (Fsp3) is 0.625. The first-order valence-electron chi connectivity index (χ1n) is 4.09. The molecular formula is C8H14N2O4. The molecular weight excluding hydrogens is 188 g/mol. The highest BCUT2D eigenvalue weighted by atomic mass is 16.5. The topological polar surface area (TPSA) is 84.5 Å². The highest BCUT2D eigenvalue weighted by Crippen LogP contribution is 1.82. The Kier molecular flexibility index (Phi) is 5.28. The van der Waals surface area contributed by atoms with Crippen molar-refractivity contribution >= 4 is 17.8 Å². The van der Waals surface area contributed by atoms with Crippen LogP contribution in [0.5, 0.6) is 0 Å². The summed E-state index contributed by atoms with van der Waals surface area (Å²) < 4.78 is 4.32. The Hall–Kier alpha value is -1.59. The van der Waals surface area contributed by atoms with E-state index in [1.54, 1.807) is 0 Å². The molecule has 14 heavy (non-hydrogen) atoms. The summed E-state index contributed by atoms with van der Waals surface area (Å²) in [4.78, 5) is 32.4. The summed E-state index contributed by atoms with van der Waals surface area (Å²) >= 11 is 0. The first-order valence-corrected chi connectivity index (χ1v) is 4.09. The van der Waals surface area contributed by atoms with Crippen LogP contribution in [0.4, 0.5) is 0 Å². The van der Waals surface area contributed by atoms with E-state index in [0.717, 1.165) is 0 Å². The van der Waals surface area contributed by atoms with Gasteiger partial charge in [-0.3, -0.25) is 14.4 Å². The van der Waals surface area contributed by atoms with Crippen LogP contribution >= 0.6 is 0 Å². The van der Waals surface area contributed by atoms with Crippen molar-refractivity contribution in [2.75, 3.05) is 13.7 Å². The molecule has 0 aliphatic rings. The first-order chi connectivity index (χ1) is 6.47. The van der Waals surface area contributed by atoms with Crippen LogP contribution in [-0.4, -0.2) is 37.5 Å². The second-order valence-electron chi connectivity index (χ2n) is 2.72. The standard InChI is InChI=1S/C8H14N2O4/c1-5(10-6(2)11)8(13)9-4-7(12)14-3/h5H,4H2,1-3H3,(H,9,13)(H,10,11)/t5-/m0/s1. The van der Waals surface area contributed by atoms with Gasteiger partial charge in [0, 0.05) is 6.92 Å². The number of carbonyl (C=O) groups is 3. The third-order valence-electron chi connectivity index (χ3n) is 1.45. The smallest absolute Gasteiger partial charge is 0.325 e. The molecule has 1 atom stereocenters. The maximum Gasteiger partial charge on any atom is 0.325 e. The number of esters is 1. The molecule has 0 aromatic carbocycles. The number of rotatable bonds is 4. The van der Waals surface area contributed by atoms with Crippen molar-refractivity contribution in [1.82, 2.24) is 10.6 Å². The zero-order chi connectivity index (χ0) is 11.1. The van der Waals surface area contributed by atoms with E-state index in [-0.39, 0.29) is 12.5 Å². The maximum atomic E-state index is 11.2. The number of amides is 2. The van der Waals surface area contributed by atoms with Crippen molar-refractivity contribution in [1.29, 1.82) is 0 Å². The fourth-order valence-corrected chi connectivity index (χ4v) is 0.755. The molecule has 0 heterocycles. The van der Waals surface area contributed by atoms with E-state index in [1.807, 2.05) is 0 Å². The van der Waals surface area contributed by atoms with Crippen molar-refractivity contribution in [3.63, 3.8) is 0 Å². The van der Waals surface area contributed by atoms with Crippen molar-refractivity contribution in [2.24, 2.45) is 0 Å². The highest BCUT2D eigenvalue weighted by molar-refractivity contribution is 5.88. The predicted octanol–water partition coefficient (Wildman–Crippen LogP) is -1.20. The molecule has 0 saturated carbocycles. The van der Waals surface area contributed by atoms with Gasteiger partial charge in [0.25, 0.3) is 0 Å². The van der Waals surface area contributed by atoms with Crippen LogP contribution in [0.15, 0.2) is 0 Å². The zero-order valence-corrected chi connectivity index (χ0v) is 8.42. The summed E-state index contributed by atoms with van der Waals surface area (Å²) in [6, 6.07) is -0.655. The van der Waals surface area contributed by atoms with Crippen LogP contribution in [0.3, 0.4) is 0 Å². The van der Waals surface area contributed by atoms with Crippen LogP contribution in [0, 0.1) is 0 Å². The maximum absolute atomic E-state index is 11.2. The van der Waals surface area contributed by atoms with E-state index >= 15 is 0 Å². The third-order valence-corrected chi connectivity index (χ3v) is 1.45. The largest absolute Gasteiger partial charge is 0.468 e. The van der Waals surface area contributed by atoms with Crippen molar-refractivity contribution in [3.05, 3.63) is 0 Å². The summed E-state index contributed by atoms with van der Waals surface area (Å²) in [5.41, 5.74) is 0. The lowest BCUT2D eigenvalue weighted by atomic mass is 10.3. The quantitative estimate of drug-likeness (QED) is 0.561. The molecule has 0 aromatic heterocycles. The van der Waals surface area contributed by atoms with E-state index in [0.29, 0.717) is 0 Å². The minimum atomic E-state index is -0.655. The van der Waals surface area contributed by atoms with Gasteiger partial charge in [0.2, 0.25) is 11.8 Å². The van der Waals surface area contributed by atoms with Crippen LogP contribution in [0.1, 0.15) is 13.8 Å². The van der Waals surface area contributed by atoms with Gasteiger partial charge in [-0.2, -0.15) is 0 Å². The Morgan fingerprint density at radius 3 is 2.36 bits per heavy atom. The van der Waals surface area contributed by atoms with Crippen molar-refractivity contribution < 1.29 is 19.1 Å². The average Bonchev–Trinajstić information content (AvgIpc) is 2.12. The van der Waals surface area contributed by atoms with Gasteiger partial charge in [-0.1, -0.05) is 0 Å². The van der Waals surface area contributed by atoms with Gasteiger partial charge in [-0.25, -0.2) is 0 Å². The van der Waals surface area contributed by atoms with Crippen LogP contribution in [-0.2, 0) is 19.1 Å². The highest BCUT2D eigenvalue weighted by Gasteiger charge is 2.14. The minimum Gasteiger partial charge on any atom is -0.468 e. The average molecular weight is 202 g/mol. The minimum absolute atomic E-state index is 0.195. The number of carbonyl (C=O) groups excluding carboxylic acids is 3. The van der Waals surface area contributed by atoms with E-state index in [4.69, 9.17) is 0 Å². The predicted molar refractivity (Wildman–Crippen MR) is 48.3 cm³/mol. The molecule has 0 spiro atoms. The summed E-state index contributed by atoms with van der Waals surface area (Å²) in [5, 5.41) is 4.69. The van der Waals surface area contributed by atoms with Gasteiger partial charge in [-0.05, 0) is 6.92 Å². The van der Waals surface area contributed by atoms with E-state index in [9.17, 15) is 14.4 Å². The molecule has 0 unspecified atom stereocenters. The molecule has 2 amide bonds. The molecule has 0 aliphatic heterocycles. The number of hydrogen-bond acceptors (Lipinski definition) is 4. The molecule has 0 aliphatic carbocycles. The molecule has 0 radical (unpaired) electrons. The second kappa shape index (κ2) is 5.95. The third kappa shape index (κ3) is 5.13.